The third-order valence-electron chi connectivity index (χ3n) is 6.41. The number of amides is 2. The lowest BCUT2D eigenvalue weighted by Crippen LogP contribution is -2.28. The van der Waals surface area contributed by atoms with Crippen LogP contribution in [0.2, 0.25) is 0 Å². The summed E-state index contributed by atoms with van der Waals surface area (Å²) in [6.07, 6.45) is -9.48. The number of anilines is 1. The van der Waals surface area contributed by atoms with E-state index in [2.05, 4.69) is 20.1 Å². The van der Waals surface area contributed by atoms with E-state index in [0.717, 1.165) is 24.3 Å². The van der Waals surface area contributed by atoms with Gasteiger partial charge in [-0.3, -0.25) is 14.4 Å². The molecule has 2 amide bonds. The largest absolute Gasteiger partial charge is 0.573 e. The number of aliphatic carboxylic acids is 1. The first kappa shape index (κ1) is 38.4. The molecule has 0 aliphatic heterocycles. The molecule has 0 aromatic heterocycles. The molecule has 0 radical (unpaired) electrons. The molecule has 3 N–H and O–H groups in total. The molecule has 3 aromatic carbocycles. The van der Waals surface area contributed by atoms with Crippen molar-refractivity contribution in [1.82, 2.24) is 5.32 Å². The molecule has 2 unspecified atom stereocenters. The van der Waals surface area contributed by atoms with Gasteiger partial charge in [0, 0.05) is 18.2 Å². The van der Waals surface area contributed by atoms with Crippen molar-refractivity contribution in [3.05, 3.63) is 89.2 Å². The normalized spacial score (nSPS) is 12.6. The maximum absolute atomic E-state index is 14.7. The van der Waals surface area contributed by atoms with Crippen LogP contribution in [0.4, 0.5) is 36.4 Å². The summed E-state index contributed by atoms with van der Waals surface area (Å²) < 4.78 is 98.1. The van der Waals surface area contributed by atoms with Gasteiger partial charge in [0.15, 0.2) is 0 Å². The van der Waals surface area contributed by atoms with Crippen LogP contribution in [0.25, 0.3) is 0 Å². The Morgan fingerprint density at radius 2 is 1.34 bits per heavy atom. The number of carbonyl (C=O) groups is 3. The van der Waals surface area contributed by atoms with Gasteiger partial charge in [0.25, 0.3) is 5.91 Å². The van der Waals surface area contributed by atoms with Gasteiger partial charge in [0.1, 0.15) is 17.3 Å². The summed E-state index contributed by atoms with van der Waals surface area (Å²) >= 11 is 0. The highest BCUT2D eigenvalue weighted by molar-refractivity contribution is 5.97. The first-order valence-electron chi connectivity index (χ1n) is 14.4. The fraction of sp³-hybridized carbons (Fsp3) is 0.344. The van der Waals surface area contributed by atoms with Crippen molar-refractivity contribution < 1.29 is 59.7 Å². The molecule has 3 rings (SSSR count). The van der Waals surface area contributed by atoms with Crippen LogP contribution in [-0.2, 0) is 9.59 Å². The quantitative estimate of drug-likeness (QED) is 0.158. The Bertz CT molecular complexity index is 1480. The Labute approximate surface area is 265 Å². The van der Waals surface area contributed by atoms with E-state index in [-0.39, 0.29) is 24.1 Å². The van der Waals surface area contributed by atoms with Crippen LogP contribution in [0.3, 0.4) is 0 Å². The summed E-state index contributed by atoms with van der Waals surface area (Å²) in [6.45, 7) is 5.70. The molecule has 256 valence electrons. The molecule has 0 spiro atoms. The van der Waals surface area contributed by atoms with Crippen LogP contribution >= 0.6 is 0 Å². The second-order valence-corrected chi connectivity index (χ2v) is 9.69. The molecule has 0 aliphatic rings. The lowest BCUT2D eigenvalue weighted by molar-refractivity contribution is -0.275. The number of rotatable bonds is 13. The number of benzene rings is 3. The van der Waals surface area contributed by atoms with Gasteiger partial charge < -0.3 is 25.2 Å². The predicted molar refractivity (Wildman–Crippen MR) is 158 cm³/mol. The summed E-state index contributed by atoms with van der Waals surface area (Å²) in [7, 11) is 0. The van der Waals surface area contributed by atoms with E-state index in [9.17, 15) is 45.1 Å². The number of carbonyl (C=O) groups excluding carboxylic acids is 2. The summed E-state index contributed by atoms with van der Waals surface area (Å²) in [5.41, 5.74) is 0.468. The summed E-state index contributed by atoms with van der Waals surface area (Å²) in [6, 6.07) is 12.6. The Morgan fingerprint density at radius 1 is 0.809 bits per heavy atom. The molecular weight excluding hydrogens is 641 g/mol. The van der Waals surface area contributed by atoms with Gasteiger partial charge in [-0.2, -0.15) is 0 Å². The van der Waals surface area contributed by atoms with Gasteiger partial charge in [-0.1, -0.05) is 51.5 Å². The van der Waals surface area contributed by atoms with Crippen LogP contribution in [-0.4, -0.2) is 42.2 Å². The molecule has 0 saturated carbocycles. The molecule has 47 heavy (non-hydrogen) atoms. The monoisotopic (exact) mass is 674 g/mol. The maximum Gasteiger partial charge on any atom is 0.573 e. The van der Waals surface area contributed by atoms with Gasteiger partial charge >= 0.3 is 18.7 Å². The molecule has 8 nitrogen and oxygen atoms in total. The Kier molecular flexibility index (Phi) is 14.0. The Morgan fingerprint density at radius 3 is 1.85 bits per heavy atom. The second kappa shape index (κ2) is 17.2. The van der Waals surface area contributed by atoms with Crippen molar-refractivity contribution in [1.29, 1.82) is 0 Å². The van der Waals surface area contributed by atoms with Crippen molar-refractivity contribution in [3.63, 3.8) is 0 Å². The highest BCUT2D eigenvalue weighted by Crippen LogP contribution is 2.39. The minimum absolute atomic E-state index is 0.107. The van der Waals surface area contributed by atoms with Gasteiger partial charge in [-0.15, -0.1) is 26.3 Å². The van der Waals surface area contributed by atoms with Gasteiger partial charge in [-0.05, 0) is 59.9 Å². The molecule has 0 aliphatic carbocycles. The summed E-state index contributed by atoms with van der Waals surface area (Å²) in [5.74, 6) is -6.94. The van der Waals surface area contributed by atoms with Gasteiger partial charge in [0.05, 0.1) is 18.0 Å². The maximum atomic E-state index is 14.7. The highest BCUT2D eigenvalue weighted by Gasteiger charge is 2.34. The predicted octanol–water partition coefficient (Wildman–Crippen LogP) is 8.16. The molecule has 0 bridgehead atoms. The first-order valence-corrected chi connectivity index (χ1v) is 14.4. The Balaban J connectivity index is 0.00000376. The minimum Gasteiger partial charge on any atom is -0.481 e. The zero-order chi connectivity index (χ0) is 35.4. The number of ether oxygens (including phenoxy) is 2. The fourth-order valence-electron chi connectivity index (χ4n) is 4.55. The molecule has 0 fully saturated rings. The van der Waals surface area contributed by atoms with E-state index < -0.39 is 65.3 Å². The lowest BCUT2D eigenvalue weighted by atomic mass is 9.78. The summed E-state index contributed by atoms with van der Waals surface area (Å²) in [5, 5.41) is 13.6. The van der Waals surface area contributed by atoms with E-state index in [4.69, 9.17) is 5.11 Å². The van der Waals surface area contributed by atoms with E-state index >= 15 is 0 Å². The third-order valence-corrected chi connectivity index (χ3v) is 6.41. The fourth-order valence-corrected chi connectivity index (χ4v) is 4.55. The number of carboxylic acid groups (broad SMARTS) is 1. The van der Waals surface area contributed by atoms with Crippen molar-refractivity contribution in [3.8, 4) is 11.5 Å². The van der Waals surface area contributed by atoms with E-state index in [1.54, 1.807) is 12.1 Å². The number of hydrogen-bond acceptors (Lipinski definition) is 5. The molecular formula is C32H33F7N2O6. The van der Waals surface area contributed by atoms with Crippen LogP contribution in [0.5, 0.6) is 11.5 Å². The van der Waals surface area contributed by atoms with E-state index in [0.29, 0.717) is 24.5 Å². The van der Waals surface area contributed by atoms with E-state index in [1.165, 1.54) is 24.3 Å². The van der Waals surface area contributed by atoms with E-state index in [1.807, 2.05) is 20.8 Å². The standard InChI is InChI=1S/C30H27F7N2O6.C2H6/c1-2-3-22(17-4-6-19(7-5-17)27(42)38-15-14-25(40)41)26(18-8-10-20(11-9-18)44-29(32,33)34)28(43)39-24-13-12-21(16-23(24)31)45-30(35,36)37;1-2/h4-13,16,22,26H,2-3,14-15H2,1H3,(H,38,42)(H,39,43)(H,40,41);1-2H3. The van der Waals surface area contributed by atoms with Crippen LogP contribution in [0.1, 0.15) is 73.4 Å². The second-order valence-electron chi connectivity index (χ2n) is 9.69. The van der Waals surface area contributed by atoms with Gasteiger partial charge in [0.2, 0.25) is 5.91 Å². The Hall–Kier alpha value is -4.82. The smallest absolute Gasteiger partial charge is 0.481 e. The van der Waals surface area contributed by atoms with Crippen LogP contribution < -0.4 is 20.1 Å². The van der Waals surface area contributed by atoms with Crippen LogP contribution in [0, 0.1) is 5.82 Å². The van der Waals surface area contributed by atoms with Gasteiger partial charge in [-0.25, -0.2) is 4.39 Å². The average Bonchev–Trinajstić information content (AvgIpc) is 2.98. The number of carboxylic acids is 1. The number of hydrogen-bond donors (Lipinski definition) is 3. The van der Waals surface area contributed by atoms with Crippen molar-refractivity contribution >= 4 is 23.5 Å². The number of halogens is 7. The van der Waals surface area contributed by atoms with Crippen LogP contribution in [0.15, 0.2) is 66.7 Å². The SMILES string of the molecule is CC.CCCC(c1ccc(C(=O)NCCC(=O)O)cc1)C(C(=O)Nc1ccc(OC(F)(F)F)cc1F)c1ccc(OC(F)(F)F)cc1. The number of alkyl halides is 6. The lowest BCUT2D eigenvalue weighted by Gasteiger charge is -2.28. The number of nitrogens with one attached hydrogen (secondary N) is 2. The zero-order valence-corrected chi connectivity index (χ0v) is 25.5. The minimum atomic E-state index is -5.08. The zero-order valence-electron chi connectivity index (χ0n) is 25.5. The van der Waals surface area contributed by atoms with Crippen molar-refractivity contribution in [2.45, 2.75) is 64.6 Å². The summed E-state index contributed by atoms with van der Waals surface area (Å²) in [4.78, 5) is 36.8. The molecule has 2 atom stereocenters. The average molecular weight is 675 g/mol. The third kappa shape index (κ3) is 12.5. The highest BCUT2D eigenvalue weighted by atomic mass is 19.4. The molecule has 15 heteroatoms. The molecule has 0 saturated heterocycles. The molecule has 0 heterocycles. The first-order chi connectivity index (χ1) is 22.1. The molecule has 3 aromatic rings. The van der Waals surface area contributed by atoms with Crippen molar-refractivity contribution in [2.75, 3.05) is 11.9 Å². The van der Waals surface area contributed by atoms with Crippen molar-refractivity contribution in [2.24, 2.45) is 0 Å². The topological polar surface area (TPSA) is 114 Å².